The molecule has 0 aromatic heterocycles. The first-order chi connectivity index (χ1) is 12.2. The van der Waals surface area contributed by atoms with Gasteiger partial charge in [0.1, 0.15) is 0 Å². The highest BCUT2D eigenvalue weighted by molar-refractivity contribution is 14.0. The zero-order chi connectivity index (χ0) is 18.1. The number of carbonyl (C=O) groups excluding carboxylic acids is 1. The molecule has 2 rings (SSSR count). The van der Waals surface area contributed by atoms with Gasteiger partial charge >= 0.3 is 5.97 Å². The highest BCUT2D eigenvalue weighted by Crippen LogP contribution is 2.22. The van der Waals surface area contributed by atoms with E-state index in [1.54, 1.807) is 0 Å². The number of likely N-dealkylation sites (tertiary alicyclic amines) is 1. The van der Waals surface area contributed by atoms with Crippen molar-refractivity contribution in [3.05, 3.63) is 0 Å². The van der Waals surface area contributed by atoms with Crippen LogP contribution in [0.1, 0.15) is 52.4 Å². The molecule has 0 bridgehead atoms. The Balaban J connectivity index is 0.00000338. The molecule has 2 fully saturated rings. The maximum absolute atomic E-state index is 11.9. The third kappa shape index (κ3) is 7.21. The van der Waals surface area contributed by atoms with E-state index in [1.807, 2.05) is 6.92 Å². The van der Waals surface area contributed by atoms with Crippen molar-refractivity contribution in [2.45, 2.75) is 58.4 Å². The van der Waals surface area contributed by atoms with E-state index in [-0.39, 0.29) is 35.9 Å². The second-order valence-corrected chi connectivity index (χ2v) is 7.17. The number of halogens is 1. The average Bonchev–Trinajstić information content (AvgIpc) is 3.16. The molecule has 0 spiro atoms. The Hall–Kier alpha value is -0.570. The van der Waals surface area contributed by atoms with Crippen LogP contribution in [0.4, 0.5) is 0 Å². The molecule has 1 N–H and O–H groups in total. The maximum atomic E-state index is 11.9. The molecule has 26 heavy (non-hydrogen) atoms. The topological polar surface area (TPSA) is 57.2 Å². The minimum absolute atomic E-state index is 0. The van der Waals surface area contributed by atoms with Gasteiger partial charge in [-0.05, 0) is 46.6 Å². The van der Waals surface area contributed by atoms with E-state index in [0.717, 1.165) is 57.6 Å². The number of ether oxygens (including phenoxy) is 1. The Morgan fingerprint density at radius 2 is 1.85 bits per heavy atom. The van der Waals surface area contributed by atoms with E-state index < -0.39 is 0 Å². The summed E-state index contributed by atoms with van der Waals surface area (Å²) in [6.45, 7) is 8.89. The van der Waals surface area contributed by atoms with E-state index >= 15 is 0 Å². The molecule has 7 heteroatoms. The summed E-state index contributed by atoms with van der Waals surface area (Å²) in [5, 5.41) is 3.41. The molecule has 0 unspecified atom stereocenters. The van der Waals surface area contributed by atoms with Crippen molar-refractivity contribution in [3.8, 4) is 0 Å². The van der Waals surface area contributed by atoms with Crippen molar-refractivity contribution in [1.82, 2.24) is 15.1 Å². The van der Waals surface area contributed by atoms with Gasteiger partial charge in [0.2, 0.25) is 0 Å². The minimum atomic E-state index is -0.0396. The lowest BCUT2D eigenvalue weighted by Gasteiger charge is -2.33. The molecular formula is C19H37IN4O2. The molecule has 0 radical (unpaired) electrons. The van der Waals surface area contributed by atoms with Gasteiger partial charge in [-0.1, -0.05) is 12.8 Å². The number of guanidine groups is 1. The van der Waals surface area contributed by atoms with E-state index in [1.165, 1.54) is 25.7 Å². The zero-order valence-electron chi connectivity index (χ0n) is 16.7. The predicted molar refractivity (Wildman–Crippen MR) is 117 cm³/mol. The number of piperidine rings is 1. The molecule has 1 aliphatic carbocycles. The third-order valence-electron chi connectivity index (χ3n) is 5.41. The summed E-state index contributed by atoms with van der Waals surface area (Å²) in [5.74, 6) is 1.000. The van der Waals surface area contributed by atoms with Crippen molar-refractivity contribution >= 4 is 35.9 Å². The molecule has 1 saturated carbocycles. The number of hydrogen-bond acceptors (Lipinski definition) is 4. The van der Waals surface area contributed by atoms with Gasteiger partial charge in [0.25, 0.3) is 0 Å². The van der Waals surface area contributed by atoms with Crippen molar-refractivity contribution in [1.29, 1.82) is 0 Å². The van der Waals surface area contributed by atoms with Gasteiger partial charge < -0.3 is 19.9 Å². The number of carbonyl (C=O) groups is 1. The summed E-state index contributed by atoms with van der Waals surface area (Å²) >= 11 is 0. The van der Waals surface area contributed by atoms with Crippen LogP contribution in [-0.4, -0.2) is 74.1 Å². The summed E-state index contributed by atoms with van der Waals surface area (Å²) in [6.07, 6.45) is 7.12. The Labute approximate surface area is 176 Å². The number of esters is 1. The van der Waals surface area contributed by atoms with Crippen LogP contribution in [-0.2, 0) is 9.53 Å². The van der Waals surface area contributed by atoms with E-state index in [0.29, 0.717) is 6.61 Å². The summed E-state index contributed by atoms with van der Waals surface area (Å²) < 4.78 is 5.16. The summed E-state index contributed by atoms with van der Waals surface area (Å²) in [5.41, 5.74) is 0. The van der Waals surface area contributed by atoms with Gasteiger partial charge in [0.05, 0.1) is 19.1 Å². The average molecular weight is 480 g/mol. The molecule has 152 valence electrons. The van der Waals surface area contributed by atoms with Crippen LogP contribution in [0.25, 0.3) is 0 Å². The maximum Gasteiger partial charge on any atom is 0.309 e. The van der Waals surface area contributed by atoms with Crippen LogP contribution in [0.3, 0.4) is 0 Å². The summed E-state index contributed by atoms with van der Waals surface area (Å²) in [4.78, 5) is 21.5. The number of likely N-dealkylation sites (N-methyl/N-ethyl adjacent to an activating group) is 1. The van der Waals surface area contributed by atoms with Crippen LogP contribution in [0.5, 0.6) is 0 Å². The first-order valence-electron chi connectivity index (χ1n) is 10.1. The fourth-order valence-electron chi connectivity index (χ4n) is 3.85. The lowest BCUT2D eigenvalue weighted by atomic mass is 9.97. The number of rotatable bonds is 7. The molecule has 1 aliphatic heterocycles. The number of nitrogens with zero attached hydrogens (tertiary/aromatic N) is 3. The summed E-state index contributed by atoms with van der Waals surface area (Å²) in [7, 11) is 2.23. The van der Waals surface area contributed by atoms with Gasteiger partial charge in [-0.3, -0.25) is 9.79 Å². The highest BCUT2D eigenvalue weighted by Gasteiger charge is 2.27. The standard InChI is InChI=1S/C19H36N4O2.HI/c1-4-20-19(21-12-15-22(3)17-8-6-7-9-17)23-13-10-16(11-14-23)18(24)25-5-2;/h16-17H,4-15H2,1-3H3,(H,20,21);1H. The Morgan fingerprint density at radius 3 is 2.42 bits per heavy atom. The van der Waals surface area contributed by atoms with Crippen molar-refractivity contribution < 1.29 is 9.53 Å². The molecule has 0 amide bonds. The highest BCUT2D eigenvalue weighted by atomic mass is 127. The lowest BCUT2D eigenvalue weighted by Crippen LogP contribution is -2.47. The van der Waals surface area contributed by atoms with Crippen LogP contribution < -0.4 is 5.32 Å². The van der Waals surface area contributed by atoms with E-state index in [4.69, 9.17) is 9.73 Å². The van der Waals surface area contributed by atoms with E-state index in [9.17, 15) is 4.79 Å². The van der Waals surface area contributed by atoms with Crippen LogP contribution in [0.2, 0.25) is 0 Å². The Bertz CT molecular complexity index is 433. The number of nitrogens with one attached hydrogen (secondary N) is 1. The Morgan fingerprint density at radius 1 is 1.19 bits per heavy atom. The fraction of sp³-hybridized carbons (Fsp3) is 0.895. The summed E-state index contributed by atoms with van der Waals surface area (Å²) in [6, 6.07) is 0.748. The molecule has 0 atom stereocenters. The third-order valence-corrected chi connectivity index (χ3v) is 5.41. The Kier molecular flexibility index (Phi) is 11.5. The molecule has 0 aromatic carbocycles. The molecule has 1 heterocycles. The van der Waals surface area contributed by atoms with Gasteiger partial charge in [-0.15, -0.1) is 24.0 Å². The predicted octanol–water partition coefficient (Wildman–Crippen LogP) is 2.72. The van der Waals surface area contributed by atoms with Crippen LogP contribution in [0, 0.1) is 5.92 Å². The van der Waals surface area contributed by atoms with Crippen LogP contribution >= 0.6 is 24.0 Å². The smallest absolute Gasteiger partial charge is 0.309 e. The first-order valence-corrected chi connectivity index (χ1v) is 10.1. The van der Waals surface area contributed by atoms with Gasteiger partial charge in [-0.25, -0.2) is 0 Å². The normalized spacial score (nSPS) is 19.5. The van der Waals surface area contributed by atoms with E-state index in [2.05, 4.69) is 29.1 Å². The quantitative estimate of drug-likeness (QED) is 0.263. The zero-order valence-corrected chi connectivity index (χ0v) is 19.0. The second kappa shape index (κ2) is 12.8. The molecule has 1 saturated heterocycles. The molecule has 2 aliphatic rings. The van der Waals surface area contributed by atoms with Crippen molar-refractivity contribution in [2.75, 3.05) is 46.4 Å². The number of hydrogen-bond donors (Lipinski definition) is 1. The second-order valence-electron chi connectivity index (χ2n) is 7.17. The van der Waals surface area contributed by atoms with Gasteiger partial charge in [-0.2, -0.15) is 0 Å². The fourth-order valence-corrected chi connectivity index (χ4v) is 3.85. The molecule has 6 nitrogen and oxygen atoms in total. The SMILES string of the molecule is CCNC(=NCCN(C)C1CCCC1)N1CCC(C(=O)OCC)CC1.I. The monoisotopic (exact) mass is 480 g/mol. The number of aliphatic imine (C=N–C) groups is 1. The van der Waals surface area contributed by atoms with Gasteiger partial charge in [0.15, 0.2) is 5.96 Å². The van der Waals surface area contributed by atoms with Crippen LogP contribution in [0.15, 0.2) is 4.99 Å². The van der Waals surface area contributed by atoms with Gasteiger partial charge in [0, 0.05) is 32.2 Å². The minimum Gasteiger partial charge on any atom is -0.466 e. The first kappa shape index (κ1) is 23.5. The van der Waals surface area contributed by atoms with Crippen molar-refractivity contribution in [2.24, 2.45) is 10.9 Å². The largest absolute Gasteiger partial charge is 0.466 e. The molecular weight excluding hydrogens is 443 g/mol. The van der Waals surface area contributed by atoms with Crippen molar-refractivity contribution in [3.63, 3.8) is 0 Å². The lowest BCUT2D eigenvalue weighted by molar-refractivity contribution is -0.149. The molecule has 0 aromatic rings.